The van der Waals surface area contributed by atoms with Gasteiger partial charge in [0.15, 0.2) is 11.5 Å². The van der Waals surface area contributed by atoms with Gasteiger partial charge in [0.05, 0.1) is 7.11 Å². The minimum Gasteiger partial charge on any atom is -0.497 e. The summed E-state index contributed by atoms with van der Waals surface area (Å²) in [5.41, 5.74) is 3.39. The number of carbonyl (C=O) groups is 1. The van der Waals surface area contributed by atoms with Crippen LogP contribution in [0.25, 0.3) is 22.1 Å². The van der Waals surface area contributed by atoms with E-state index in [9.17, 15) is 9.59 Å². The van der Waals surface area contributed by atoms with Gasteiger partial charge in [-0.15, -0.1) is 0 Å². The Hall–Kier alpha value is -3.88. The molecule has 0 saturated carbocycles. The first-order valence-electron chi connectivity index (χ1n) is 12.1. The van der Waals surface area contributed by atoms with Crippen molar-refractivity contribution >= 4 is 33.8 Å². The zero-order chi connectivity index (χ0) is 24.4. The zero-order valence-corrected chi connectivity index (χ0v) is 20.1. The lowest BCUT2D eigenvalue weighted by atomic mass is 9.96. The van der Waals surface area contributed by atoms with Gasteiger partial charge in [-0.2, -0.15) is 0 Å². The number of hydrogen-bond acceptors (Lipinski definition) is 6. The maximum Gasteiger partial charge on any atom is 0.295 e. The maximum absolute atomic E-state index is 13.0. The molecule has 9 heteroatoms. The Bertz CT molecular complexity index is 1420. The van der Waals surface area contributed by atoms with Crippen molar-refractivity contribution in [1.29, 1.82) is 0 Å². The number of methoxy groups -OCH3 is 1. The first-order valence-corrected chi connectivity index (χ1v) is 12.1. The van der Waals surface area contributed by atoms with Crippen LogP contribution < -0.4 is 20.5 Å². The number of piperidine rings is 1. The molecule has 1 aliphatic rings. The molecule has 4 aromatic rings. The van der Waals surface area contributed by atoms with Crippen LogP contribution in [-0.2, 0) is 17.8 Å². The fraction of sp³-hybridized carbons (Fsp3) is 0.385. The van der Waals surface area contributed by atoms with Crippen LogP contribution in [0.15, 0.2) is 47.5 Å². The predicted octanol–water partition coefficient (Wildman–Crippen LogP) is 2.88. The molecule has 0 unspecified atom stereocenters. The summed E-state index contributed by atoms with van der Waals surface area (Å²) in [6, 6.07) is 9.65. The number of rotatable bonds is 7. The Labute approximate surface area is 203 Å². The Morgan fingerprint density at radius 1 is 1.26 bits per heavy atom. The molecule has 182 valence electrons. The van der Waals surface area contributed by atoms with E-state index in [1.165, 1.54) is 0 Å². The Morgan fingerprint density at radius 3 is 2.86 bits per heavy atom. The number of benzene rings is 1. The van der Waals surface area contributed by atoms with E-state index in [1.54, 1.807) is 17.9 Å². The average molecular weight is 475 g/mol. The van der Waals surface area contributed by atoms with E-state index in [-0.39, 0.29) is 17.4 Å². The molecule has 35 heavy (non-hydrogen) atoms. The van der Waals surface area contributed by atoms with Crippen molar-refractivity contribution in [3.05, 3.63) is 58.6 Å². The number of carbonyl (C=O) groups excluding carboxylic acids is 1. The minimum absolute atomic E-state index is 0.0650. The smallest absolute Gasteiger partial charge is 0.295 e. The standard InChI is InChI=1S/C26H30N6O3/c1-3-32-23-22(5-4-11-27-23)30-24(26(32)34)31-13-9-17(10-14-31)25(33)28-12-8-18-16-29-21-7-6-19(35-2)15-20(18)21/h4-7,11,15-17,29H,3,8-10,12-14H2,1-2H3,(H,28,33). The number of anilines is 1. The van der Waals surface area contributed by atoms with Gasteiger partial charge in [0.2, 0.25) is 5.91 Å². The molecule has 1 fully saturated rings. The van der Waals surface area contributed by atoms with Crippen molar-refractivity contribution in [2.75, 3.05) is 31.6 Å². The van der Waals surface area contributed by atoms with Crippen LogP contribution in [0.3, 0.4) is 0 Å². The van der Waals surface area contributed by atoms with Crippen LogP contribution >= 0.6 is 0 Å². The molecule has 9 nitrogen and oxygen atoms in total. The minimum atomic E-state index is -0.128. The normalized spacial score (nSPS) is 14.5. The third kappa shape index (κ3) is 4.45. The molecule has 2 N–H and O–H groups in total. The molecular formula is C26H30N6O3. The third-order valence-electron chi connectivity index (χ3n) is 6.83. The van der Waals surface area contributed by atoms with Gasteiger partial charge in [-0.3, -0.25) is 14.2 Å². The second-order valence-corrected chi connectivity index (χ2v) is 8.86. The van der Waals surface area contributed by atoms with E-state index in [0.29, 0.717) is 56.0 Å². The van der Waals surface area contributed by atoms with E-state index in [0.717, 1.165) is 28.6 Å². The van der Waals surface area contributed by atoms with Crippen LogP contribution in [0, 0.1) is 5.92 Å². The highest BCUT2D eigenvalue weighted by molar-refractivity contribution is 5.85. The maximum atomic E-state index is 13.0. The van der Waals surface area contributed by atoms with Crippen molar-refractivity contribution < 1.29 is 9.53 Å². The van der Waals surface area contributed by atoms with Gasteiger partial charge < -0.3 is 19.9 Å². The molecule has 0 radical (unpaired) electrons. The van der Waals surface area contributed by atoms with E-state index in [4.69, 9.17) is 4.74 Å². The molecule has 1 saturated heterocycles. The summed E-state index contributed by atoms with van der Waals surface area (Å²) in [4.78, 5) is 40.1. The second-order valence-electron chi connectivity index (χ2n) is 8.86. The molecule has 3 aromatic heterocycles. The largest absolute Gasteiger partial charge is 0.497 e. The monoisotopic (exact) mass is 474 g/mol. The highest BCUT2D eigenvalue weighted by Crippen LogP contribution is 2.24. The number of amides is 1. The van der Waals surface area contributed by atoms with Crippen LogP contribution in [-0.4, -0.2) is 52.2 Å². The molecule has 0 bridgehead atoms. The van der Waals surface area contributed by atoms with Gasteiger partial charge in [0.25, 0.3) is 5.56 Å². The van der Waals surface area contributed by atoms with Crippen LogP contribution in [0.2, 0.25) is 0 Å². The lowest BCUT2D eigenvalue weighted by Gasteiger charge is -2.32. The number of fused-ring (bicyclic) bond motifs is 2. The number of aromatic nitrogens is 4. The van der Waals surface area contributed by atoms with Crippen molar-refractivity contribution in [2.45, 2.75) is 32.7 Å². The molecule has 5 rings (SSSR count). The first kappa shape index (κ1) is 22.9. The summed E-state index contributed by atoms with van der Waals surface area (Å²) in [5, 5.41) is 4.21. The Balaban J connectivity index is 1.19. The molecule has 0 atom stereocenters. The summed E-state index contributed by atoms with van der Waals surface area (Å²) < 4.78 is 7.00. The molecule has 4 heterocycles. The number of pyridine rings is 1. The SMILES string of the molecule is CCn1c(=O)c(N2CCC(C(=O)NCCc3c[nH]c4ccc(OC)cc34)CC2)nc2cccnc21. The van der Waals surface area contributed by atoms with Gasteiger partial charge >= 0.3 is 0 Å². The topological polar surface area (TPSA) is 105 Å². The predicted molar refractivity (Wildman–Crippen MR) is 136 cm³/mol. The second kappa shape index (κ2) is 9.77. The highest BCUT2D eigenvalue weighted by Gasteiger charge is 2.27. The molecular weight excluding hydrogens is 444 g/mol. The van der Waals surface area contributed by atoms with Gasteiger partial charge in [-0.25, -0.2) is 9.97 Å². The van der Waals surface area contributed by atoms with Gasteiger partial charge in [-0.05, 0) is 62.1 Å². The quantitative estimate of drug-likeness (QED) is 0.427. The molecule has 0 spiro atoms. The number of aromatic amines is 1. The average Bonchev–Trinajstić information content (AvgIpc) is 3.30. The van der Waals surface area contributed by atoms with Crippen LogP contribution in [0.1, 0.15) is 25.3 Å². The summed E-state index contributed by atoms with van der Waals surface area (Å²) in [6.45, 7) is 4.28. The lowest BCUT2D eigenvalue weighted by Crippen LogP contribution is -2.43. The molecule has 1 aliphatic heterocycles. The van der Waals surface area contributed by atoms with E-state index >= 15 is 0 Å². The Morgan fingerprint density at radius 2 is 2.09 bits per heavy atom. The van der Waals surface area contributed by atoms with Gasteiger partial charge in [-0.1, -0.05) is 0 Å². The molecule has 1 amide bonds. The number of nitrogens with zero attached hydrogens (tertiary/aromatic N) is 4. The number of hydrogen-bond donors (Lipinski definition) is 2. The summed E-state index contributed by atoms with van der Waals surface area (Å²) in [7, 11) is 1.66. The fourth-order valence-corrected chi connectivity index (χ4v) is 4.87. The van der Waals surface area contributed by atoms with Crippen molar-refractivity contribution in [3.63, 3.8) is 0 Å². The van der Waals surface area contributed by atoms with Crippen LogP contribution in [0.4, 0.5) is 5.82 Å². The van der Waals surface area contributed by atoms with Crippen molar-refractivity contribution in [2.24, 2.45) is 5.92 Å². The summed E-state index contributed by atoms with van der Waals surface area (Å²) >= 11 is 0. The first-order chi connectivity index (χ1) is 17.1. The van der Waals surface area contributed by atoms with Crippen molar-refractivity contribution in [1.82, 2.24) is 24.8 Å². The van der Waals surface area contributed by atoms with Gasteiger partial charge in [0.1, 0.15) is 11.3 Å². The van der Waals surface area contributed by atoms with E-state index in [2.05, 4.69) is 20.3 Å². The van der Waals surface area contributed by atoms with Gasteiger partial charge in [0, 0.05) is 55.4 Å². The van der Waals surface area contributed by atoms with Crippen molar-refractivity contribution in [3.8, 4) is 5.75 Å². The lowest BCUT2D eigenvalue weighted by molar-refractivity contribution is -0.125. The number of ether oxygens (including phenoxy) is 1. The number of nitrogens with one attached hydrogen (secondary N) is 2. The van der Waals surface area contributed by atoms with E-state index < -0.39 is 0 Å². The summed E-state index contributed by atoms with van der Waals surface area (Å²) in [5.74, 6) is 1.27. The number of H-pyrrole nitrogens is 1. The molecule has 1 aromatic carbocycles. The summed E-state index contributed by atoms with van der Waals surface area (Å²) in [6.07, 6.45) is 5.78. The fourth-order valence-electron chi connectivity index (χ4n) is 4.87. The zero-order valence-electron chi connectivity index (χ0n) is 20.1. The molecule has 0 aliphatic carbocycles. The van der Waals surface area contributed by atoms with Crippen LogP contribution in [0.5, 0.6) is 5.75 Å². The highest BCUT2D eigenvalue weighted by atomic mass is 16.5. The van der Waals surface area contributed by atoms with E-state index in [1.807, 2.05) is 48.4 Å². The number of aryl methyl sites for hydroxylation is 1. The third-order valence-corrected chi connectivity index (χ3v) is 6.83. The Kier molecular flexibility index (Phi) is 6.39.